The number of carbonyl (C=O) groups is 1. The molecular formula is C14H17N3O3. The van der Waals surface area contributed by atoms with Gasteiger partial charge in [0.15, 0.2) is 0 Å². The Kier molecular flexibility index (Phi) is 4.24. The van der Waals surface area contributed by atoms with Crippen LogP contribution in [0.25, 0.3) is 0 Å². The minimum absolute atomic E-state index is 0.104. The number of nitrogens with one attached hydrogen (secondary N) is 1. The number of rotatable bonds is 5. The van der Waals surface area contributed by atoms with Gasteiger partial charge in [0.1, 0.15) is 11.5 Å². The van der Waals surface area contributed by atoms with E-state index in [2.05, 4.69) is 10.4 Å². The highest BCUT2D eigenvalue weighted by Gasteiger charge is 2.14. The summed E-state index contributed by atoms with van der Waals surface area (Å²) >= 11 is 0. The van der Waals surface area contributed by atoms with Crippen LogP contribution in [0.1, 0.15) is 17.3 Å². The average Bonchev–Trinajstić information content (AvgIpc) is 2.90. The van der Waals surface area contributed by atoms with Crippen LogP contribution in [0.5, 0.6) is 11.5 Å². The molecule has 2 aromatic rings. The molecule has 1 amide bonds. The standard InChI is InChI=1S/C14H17N3O3/c1-10(9-17-7-3-6-15-17)16-14(19)12-5-4-11(20-2)8-13(12)18/h3-8,10,18H,9H2,1-2H3,(H,16,19)/t10-/m0/s1. The number of hydrogen-bond acceptors (Lipinski definition) is 4. The molecule has 20 heavy (non-hydrogen) atoms. The summed E-state index contributed by atoms with van der Waals surface area (Å²) in [6, 6.07) is 6.29. The largest absolute Gasteiger partial charge is 0.507 e. The molecule has 0 radical (unpaired) electrons. The maximum Gasteiger partial charge on any atom is 0.255 e. The summed E-state index contributed by atoms with van der Waals surface area (Å²) < 4.78 is 6.71. The van der Waals surface area contributed by atoms with Crippen LogP contribution in [0, 0.1) is 0 Å². The lowest BCUT2D eigenvalue weighted by Crippen LogP contribution is -2.35. The molecular weight excluding hydrogens is 258 g/mol. The van der Waals surface area contributed by atoms with Crippen molar-refractivity contribution in [3.63, 3.8) is 0 Å². The van der Waals surface area contributed by atoms with E-state index in [4.69, 9.17) is 4.74 Å². The normalized spacial score (nSPS) is 11.9. The number of ether oxygens (including phenoxy) is 1. The van der Waals surface area contributed by atoms with Crippen LogP contribution in [0.2, 0.25) is 0 Å². The number of nitrogens with zero attached hydrogens (tertiary/aromatic N) is 2. The smallest absolute Gasteiger partial charge is 0.255 e. The number of benzene rings is 1. The Labute approximate surface area is 117 Å². The second-order valence-electron chi connectivity index (χ2n) is 4.49. The van der Waals surface area contributed by atoms with E-state index in [9.17, 15) is 9.90 Å². The molecule has 1 heterocycles. The molecule has 106 valence electrons. The molecule has 0 aliphatic heterocycles. The van der Waals surface area contributed by atoms with Gasteiger partial charge in [-0.3, -0.25) is 9.48 Å². The highest BCUT2D eigenvalue weighted by molar-refractivity contribution is 5.97. The van der Waals surface area contributed by atoms with Crippen LogP contribution in [0.3, 0.4) is 0 Å². The predicted octanol–water partition coefficient (Wildman–Crippen LogP) is 1.42. The summed E-state index contributed by atoms with van der Waals surface area (Å²) in [6.45, 7) is 2.44. The van der Waals surface area contributed by atoms with Gasteiger partial charge in [-0.15, -0.1) is 0 Å². The molecule has 0 saturated carbocycles. The summed E-state index contributed by atoms with van der Waals surface area (Å²) in [4.78, 5) is 12.1. The number of aromatic nitrogens is 2. The maximum absolute atomic E-state index is 12.1. The minimum atomic E-state index is -0.329. The summed E-state index contributed by atoms with van der Waals surface area (Å²) in [7, 11) is 1.50. The number of phenols is 1. The topological polar surface area (TPSA) is 76.4 Å². The first-order valence-electron chi connectivity index (χ1n) is 6.25. The first-order valence-corrected chi connectivity index (χ1v) is 6.25. The fourth-order valence-corrected chi connectivity index (χ4v) is 1.87. The fourth-order valence-electron chi connectivity index (χ4n) is 1.87. The minimum Gasteiger partial charge on any atom is -0.507 e. The summed E-state index contributed by atoms with van der Waals surface area (Å²) in [5.41, 5.74) is 0.220. The number of aromatic hydroxyl groups is 1. The molecule has 6 nitrogen and oxygen atoms in total. The fraction of sp³-hybridized carbons (Fsp3) is 0.286. The quantitative estimate of drug-likeness (QED) is 0.865. The first-order chi connectivity index (χ1) is 9.60. The molecule has 1 atom stereocenters. The van der Waals surface area contributed by atoms with Gasteiger partial charge in [-0.25, -0.2) is 0 Å². The van der Waals surface area contributed by atoms with Crippen molar-refractivity contribution >= 4 is 5.91 Å². The predicted molar refractivity (Wildman–Crippen MR) is 73.8 cm³/mol. The van der Waals surface area contributed by atoms with Gasteiger partial charge < -0.3 is 15.2 Å². The van der Waals surface area contributed by atoms with Crippen molar-refractivity contribution in [1.29, 1.82) is 0 Å². The van der Waals surface area contributed by atoms with Gasteiger partial charge in [0, 0.05) is 24.5 Å². The van der Waals surface area contributed by atoms with Gasteiger partial charge in [-0.2, -0.15) is 5.10 Å². The SMILES string of the molecule is COc1ccc(C(=O)N[C@@H](C)Cn2cccn2)c(O)c1. The Balaban J connectivity index is 2.00. The van der Waals surface area contributed by atoms with E-state index >= 15 is 0 Å². The van der Waals surface area contributed by atoms with Crippen molar-refractivity contribution in [2.24, 2.45) is 0 Å². The molecule has 0 aliphatic carbocycles. The molecule has 1 aromatic heterocycles. The molecule has 1 aromatic carbocycles. The third-order valence-electron chi connectivity index (χ3n) is 2.85. The zero-order chi connectivity index (χ0) is 14.5. The average molecular weight is 275 g/mol. The Morgan fingerprint density at radius 3 is 2.95 bits per heavy atom. The number of carbonyl (C=O) groups excluding carboxylic acids is 1. The number of methoxy groups -OCH3 is 1. The Morgan fingerprint density at radius 2 is 2.35 bits per heavy atom. The Morgan fingerprint density at radius 1 is 1.55 bits per heavy atom. The summed E-state index contributed by atoms with van der Waals surface area (Å²) in [5, 5.41) is 16.7. The van der Waals surface area contributed by atoms with Crippen molar-refractivity contribution in [3.05, 3.63) is 42.2 Å². The van der Waals surface area contributed by atoms with Crippen LogP contribution in [-0.2, 0) is 6.54 Å². The van der Waals surface area contributed by atoms with Crippen molar-refractivity contribution < 1.29 is 14.6 Å². The van der Waals surface area contributed by atoms with E-state index in [-0.39, 0.29) is 23.3 Å². The lowest BCUT2D eigenvalue weighted by atomic mass is 10.1. The first kappa shape index (κ1) is 13.9. The molecule has 0 spiro atoms. The third kappa shape index (κ3) is 3.28. The maximum atomic E-state index is 12.1. The van der Waals surface area contributed by atoms with Gasteiger partial charge in [0.05, 0.1) is 19.2 Å². The van der Waals surface area contributed by atoms with E-state index < -0.39 is 0 Å². The zero-order valence-corrected chi connectivity index (χ0v) is 11.4. The van der Waals surface area contributed by atoms with Crippen LogP contribution in [-0.4, -0.2) is 33.9 Å². The van der Waals surface area contributed by atoms with E-state index in [1.165, 1.54) is 19.2 Å². The number of hydrogen-bond donors (Lipinski definition) is 2. The molecule has 0 bridgehead atoms. The van der Waals surface area contributed by atoms with Crippen LogP contribution >= 0.6 is 0 Å². The van der Waals surface area contributed by atoms with Gasteiger partial charge in [-0.05, 0) is 25.1 Å². The lowest BCUT2D eigenvalue weighted by molar-refractivity contribution is 0.0933. The second-order valence-corrected chi connectivity index (χ2v) is 4.49. The van der Waals surface area contributed by atoms with Crippen molar-refractivity contribution in [1.82, 2.24) is 15.1 Å². The van der Waals surface area contributed by atoms with E-state index in [0.29, 0.717) is 12.3 Å². The van der Waals surface area contributed by atoms with Gasteiger partial charge in [0.2, 0.25) is 0 Å². The third-order valence-corrected chi connectivity index (χ3v) is 2.85. The Bertz CT molecular complexity index is 581. The van der Waals surface area contributed by atoms with Crippen LogP contribution < -0.4 is 10.1 Å². The number of amides is 1. The van der Waals surface area contributed by atoms with Gasteiger partial charge >= 0.3 is 0 Å². The molecule has 0 saturated heterocycles. The van der Waals surface area contributed by atoms with Crippen LogP contribution in [0.4, 0.5) is 0 Å². The Hall–Kier alpha value is -2.50. The molecule has 0 unspecified atom stereocenters. The second kappa shape index (κ2) is 6.10. The van der Waals surface area contributed by atoms with Crippen molar-refractivity contribution in [2.75, 3.05) is 7.11 Å². The van der Waals surface area contributed by atoms with Gasteiger partial charge in [-0.1, -0.05) is 0 Å². The van der Waals surface area contributed by atoms with Crippen LogP contribution in [0.15, 0.2) is 36.7 Å². The van der Waals surface area contributed by atoms with Crippen molar-refractivity contribution in [2.45, 2.75) is 19.5 Å². The van der Waals surface area contributed by atoms with Gasteiger partial charge in [0.25, 0.3) is 5.91 Å². The molecule has 0 fully saturated rings. The summed E-state index contributed by atoms with van der Waals surface area (Å²) in [5.74, 6) is 0.0709. The molecule has 2 N–H and O–H groups in total. The van der Waals surface area contributed by atoms with E-state index in [0.717, 1.165) is 0 Å². The van der Waals surface area contributed by atoms with E-state index in [1.807, 2.05) is 19.2 Å². The number of phenolic OH excluding ortho intramolecular Hbond substituents is 1. The van der Waals surface area contributed by atoms with E-state index in [1.54, 1.807) is 16.9 Å². The lowest BCUT2D eigenvalue weighted by Gasteiger charge is -2.14. The molecule has 2 rings (SSSR count). The van der Waals surface area contributed by atoms with Crippen molar-refractivity contribution in [3.8, 4) is 11.5 Å². The highest BCUT2D eigenvalue weighted by Crippen LogP contribution is 2.23. The highest BCUT2D eigenvalue weighted by atomic mass is 16.5. The monoisotopic (exact) mass is 275 g/mol. The molecule has 6 heteroatoms. The zero-order valence-electron chi connectivity index (χ0n) is 11.4. The molecule has 0 aliphatic rings. The summed E-state index contributed by atoms with van der Waals surface area (Å²) in [6.07, 6.45) is 3.51.